The van der Waals surface area contributed by atoms with Gasteiger partial charge in [-0.05, 0) is 35.8 Å². The summed E-state index contributed by atoms with van der Waals surface area (Å²) in [5.74, 6) is 0. The van der Waals surface area contributed by atoms with Gasteiger partial charge in [-0.2, -0.15) is 0 Å². The van der Waals surface area contributed by atoms with Crippen LogP contribution in [0.15, 0.2) is 24.3 Å². The van der Waals surface area contributed by atoms with Gasteiger partial charge in [0.1, 0.15) is 0 Å². The van der Waals surface area contributed by atoms with Crippen molar-refractivity contribution in [1.82, 2.24) is 0 Å². The average Bonchev–Trinajstić information content (AvgIpc) is 2.65. The van der Waals surface area contributed by atoms with Crippen molar-refractivity contribution in [3.63, 3.8) is 0 Å². The van der Waals surface area contributed by atoms with Crippen molar-refractivity contribution < 1.29 is 14.3 Å². The van der Waals surface area contributed by atoms with Gasteiger partial charge in [0.05, 0.1) is 6.61 Å². The van der Waals surface area contributed by atoms with Gasteiger partial charge >= 0.3 is 8.60 Å². The molecule has 3 nitrogen and oxygen atoms in total. The quantitative estimate of drug-likeness (QED) is 0.258. The van der Waals surface area contributed by atoms with Crippen molar-refractivity contribution in [2.24, 2.45) is 0 Å². The van der Waals surface area contributed by atoms with Gasteiger partial charge in [0.15, 0.2) is 0 Å². The third-order valence-corrected chi connectivity index (χ3v) is 5.23. The lowest BCUT2D eigenvalue weighted by molar-refractivity contribution is 0.248. The maximum atomic E-state index is 8.45. The predicted octanol–water partition coefficient (Wildman–Crippen LogP) is 7.68. The molecule has 0 fully saturated rings. The van der Waals surface area contributed by atoms with Crippen molar-refractivity contribution in [2.45, 2.75) is 111 Å². The Morgan fingerprint density at radius 2 is 1.39 bits per heavy atom. The summed E-state index contributed by atoms with van der Waals surface area (Å²) < 4.78 is 4.66. The van der Waals surface area contributed by atoms with Gasteiger partial charge in [-0.15, -0.1) is 0 Å². The second kappa shape index (κ2) is 17.4. The Labute approximate surface area is 175 Å². The highest BCUT2D eigenvalue weighted by Gasteiger charge is 2.13. The molecule has 0 aliphatic carbocycles. The van der Waals surface area contributed by atoms with Crippen LogP contribution in [0.25, 0.3) is 0 Å². The number of rotatable bonds is 13. The van der Waals surface area contributed by atoms with E-state index in [2.05, 4.69) is 63.4 Å². The average molecular weight is 413 g/mol. The molecule has 0 amide bonds. The number of unbranched alkanes of at least 4 members (excludes halogenated alkanes) is 8. The summed E-state index contributed by atoms with van der Waals surface area (Å²) in [6, 6.07) is 9.02. The van der Waals surface area contributed by atoms with Crippen molar-refractivity contribution in [3.8, 4) is 0 Å². The highest BCUT2D eigenvalue weighted by atomic mass is 31.2. The van der Waals surface area contributed by atoms with Gasteiger partial charge in [-0.3, -0.25) is 0 Å². The normalized spacial score (nSPS) is 11.4. The molecule has 0 saturated heterocycles. The topological polar surface area (TPSA) is 49.7 Å². The molecule has 0 atom stereocenters. The summed E-state index contributed by atoms with van der Waals surface area (Å²) in [4.78, 5) is 16.9. The first-order chi connectivity index (χ1) is 13.3. The van der Waals surface area contributed by atoms with E-state index in [1.165, 1.54) is 68.9 Å². The zero-order valence-electron chi connectivity index (χ0n) is 19.0. The van der Waals surface area contributed by atoms with Crippen LogP contribution in [0.5, 0.6) is 0 Å². The van der Waals surface area contributed by atoms with Gasteiger partial charge in [0, 0.05) is 0 Å². The number of aryl methyl sites for hydroxylation is 1. The lowest BCUT2D eigenvalue weighted by Gasteiger charge is -2.19. The molecule has 1 rings (SSSR count). The van der Waals surface area contributed by atoms with Crippen LogP contribution in [0.1, 0.15) is 110 Å². The second-order valence-corrected chi connectivity index (χ2v) is 9.38. The van der Waals surface area contributed by atoms with Crippen LogP contribution in [-0.2, 0) is 16.4 Å². The molecule has 2 N–H and O–H groups in total. The van der Waals surface area contributed by atoms with Crippen LogP contribution < -0.4 is 0 Å². The van der Waals surface area contributed by atoms with E-state index in [9.17, 15) is 0 Å². The summed E-state index contributed by atoms with van der Waals surface area (Å²) in [5, 5.41) is 0. The Hall–Kier alpha value is -0.470. The summed E-state index contributed by atoms with van der Waals surface area (Å²) in [7, 11) is -2.13. The molecule has 0 aliphatic rings. The maximum absolute atomic E-state index is 8.45. The van der Waals surface area contributed by atoms with Gasteiger partial charge in [0.25, 0.3) is 0 Å². The van der Waals surface area contributed by atoms with Gasteiger partial charge < -0.3 is 14.3 Å². The Kier molecular flexibility index (Phi) is 17.1. The van der Waals surface area contributed by atoms with E-state index in [0.717, 1.165) is 12.8 Å². The van der Waals surface area contributed by atoms with Gasteiger partial charge in [0.2, 0.25) is 0 Å². The lowest BCUT2D eigenvalue weighted by atomic mass is 9.86. The summed E-state index contributed by atoms with van der Waals surface area (Å²) >= 11 is 0. The monoisotopic (exact) mass is 412 g/mol. The van der Waals surface area contributed by atoms with Crippen LogP contribution in [0.4, 0.5) is 0 Å². The van der Waals surface area contributed by atoms with E-state index in [0.29, 0.717) is 6.61 Å². The van der Waals surface area contributed by atoms with Crippen LogP contribution >= 0.6 is 8.60 Å². The molecule has 0 spiro atoms. The molecule has 0 saturated carbocycles. The summed E-state index contributed by atoms with van der Waals surface area (Å²) in [6.45, 7) is 11.8. The summed E-state index contributed by atoms with van der Waals surface area (Å²) in [5.41, 5.74) is 3.22. The smallest absolute Gasteiger partial charge is 0.327 e. The van der Waals surface area contributed by atoms with Crippen LogP contribution in [0.2, 0.25) is 0 Å². The zero-order chi connectivity index (χ0) is 21.3. The molecular formula is C24H45O3P. The Bertz CT molecular complexity index is 469. The van der Waals surface area contributed by atoms with Crippen LogP contribution in [0, 0.1) is 0 Å². The first-order valence-corrected chi connectivity index (χ1v) is 12.4. The minimum atomic E-state index is -2.13. The van der Waals surface area contributed by atoms with Crippen molar-refractivity contribution in [1.29, 1.82) is 0 Å². The SMILES string of the molecule is CCCCCCCCCCOP(O)O.CCCCc1cccc(C(C)(C)C)c1. The van der Waals surface area contributed by atoms with E-state index < -0.39 is 8.60 Å². The first-order valence-electron chi connectivity index (χ1n) is 11.2. The Morgan fingerprint density at radius 1 is 0.821 bits per heavy atom. The molecule has 28 heavy (non-hydrogen) atoms. The molecule has 4 heteroatoms. The zero-order valence-corrected chi connectivity index (χ0v) is 19.9. The van der Waals surface area contributed by atoms with Crippen LogP contribution in [-0.4, -0.2) is 16.4 Å². The van der Waals surface area contributed by atoms with Crippen molar-refractivity contribution in [3.05, 3.63) is 35.4 Å². The lowest BCUT2D eigenvalue weighted by Crippen LogP contribution is -2.11. The number of hydrogen-bond acceptors (Lipinski definition) is 3. The second-order valence-electron chi connectivity index (χ2n) is 8.61. The first kappa shape index (κ1) is 27.5. The van der Waals surface area contributed by atoms with E-state index in [-0.39, 0.29) is 5.41 Å². The fourth-order valence-corrected chi connectivity index (χ4v) is 3.25. The molecule has 0 radical (unpaired) electrons. The van der Waals surface area contributed by atoms with Gasteiger partial charge in [-0.1, -0.05) is 110 Å². The van der Waals surface area contributed by atoms with E-state index in [1.807, 2.05) is 0 Å². The van der Waals surface area contributed by atoms with Crippen molar-refractivity contribution in [2.75, 3.05) is 6.61 Å². The fraction of sp³-hybridized carbons (Fsp3) is 0.750. The Morgan fingerprint density at radius 3 is 1.93 bits per heavy atom. The largest absolute Gasteiger partial charge is 0.328 e. The summed E-state index contributed by atoms with van der Waals surface area (Å²) in [6.07, 6.45) is 13.7. The number of hydrogen-bond donors (Lipinski definition) is 2. The molecule has 0 heterocycles. The van der Waals surface area contributed by atoms with Crippen LogP contribution in [0.3, 0.4) is 0 Å². The number of benzene rings is 1. The highest BCUT2D eigenvalue weighted by molar-refractivity contribution is 7.39. The minimum Gasteiger partial charge on any atom is -0.328 e. The third kappa shape index (κ3) is 16.5. The highest BCUT2D eigenvalue weighted by Crippen LogP contribution is 2.24. The Balaban J connectivity index is 0.000000521. The standard InChI is InChI=1S/C14H22.C10H23O3P/c1-5-6-8-12-9-7-10-13(11-12)14(2,3)4;1-2-3-4-5-6-7-8-9-10-13-14(11)12/h7,9-11H,5-6,8H2,1-4H3;11-12H,2-10H2,1H3. The maximum Gasteiger partial charge on any atom is 0.327 e. The molecule has 1 aromatic carbocycles. The van der Waals surface area contributed by atoms with Gasteiger partial charge in [-0.25, -0.2) is 0 Å². The predicted molar refractivity (Wildman–Crippen MR) is 124 cm³/mol. The minimum absolute atomic E-state index is 0.280. The molecule has 0 aliphatic heterocycles. The van der Waals surface area contributed by atoms with E-state index in [1.54, 1.807) is 0 Å². The fourth-order valence-electron chi connectivity index (χ4n) is 2.96. The molecule has 0 bridgehead atoms. The van der Waals surface area contributed by atoms with Crippen molar-refractivity contribution >= 4 is 8.60 Å². The molecule has 0 unspecified atom stereocenters. The third-order valence-electron chi connectivity index (χ3n) is 4.82. The van der Waals surface area contributed by atoms with E-state index in [4.69, 9.17) is 9.79 Å². The molecule has 164 valence electrons. The molecular weight excluding hydrogens is 367 g/mol. The molecule has 0 aromatic heterocycles. The van der Waals surface area contributed by atoms with E-state index >= 15 is 0 Å². The molecule has 1 aromatic rings.